The second-order valence-corrected chi connectivity index (χ2v) is 6.62. The highest BCUT2D eigenvalue weighted by Gasteiger charge is 2.56. The van der Waals surface area contributed by atoms with Crippen LogP contribution in [0.5, 0.6) is 11.5 Å². The Morgan fingerprint density at radius 1 is 1.44 bits per heavy atom. The number of fused-ring (bicyclic) bond motifs is 3. The Labute approximate surface area is 145 Å². The van der Waals surface area contributed by atoms with E-state index >= 15 is 0 Å². The van der Waals surface area contributed by atoms with Crippen LogP contribution in [0.15, 0.2) is 36.9 Å². The van der Waals surface area contributed by atoms with Gasteiger partial charge in [0.2, 0.25) is 0 Å². The molecule has 0 unspecified atom stereocenters. The van der Waals surface area contributed by atoms with Crippen molar-refractivity contribution >= 4 is 5.97 Å². The second-order valence-electron chi connectivity index (χ2n) is 6.62. The quantitative estimate of drug-likeness (QED) is 0.903. The predicted molar refractivity (Wildman–Crippen MR) is 88.6 cm³/mol. The number of hydrogen-bond acceptors (Lipinski definition) is 6. The van der Waals surface area contributed by atoms with E-state index in [-0.39, 0.29) is 12.5 Å². The van der Waals surface area contributed by atoms with Crippen molar-refractivity contribution in [3.05, 3.63) is 48.0 Å². The molecule has 1 aromatic heterocycles. The SMILES string of the molecule is COc1ccc2c(c1)OC[C@]1(C(=O)O)CN(Cc3cncnc3)C[C@H]21. The Balaban J connectivity index is 1.66. The van der Waals surface area contributed by atoms with Gasteiger partial charge < -0.3 is 14.6 Å². The molecule has 1 saturated heterocycles. The van der Waals surface area contributed by atoms with Crippen LogP contribution < -0.4 is 9.47 Å². The number of hydrogen-bond donors (Lipinski definition) is 1. The van der Waals surface area contributed by atoms with Gasteiger partial charge in [-0.2, -0.15) is 0 Å². The van der Waals surface area contributed by atoms with E-state index in [4.69, 9.17) is 9.47 Å². The maximum Gasteiger partial charge on any atom is 0.315 e. The van der Waals surface area contributed by atoms with Gasteiger partial charge in [0.1, 0.15) is 29.8 Å². The monoisotopic (exact) mass is 341 g/mol. The third-order valence-electron chi connectivity index (χ3n) is 5.14. The van der Waals surface area contributed by atoms with E-state index in [2.05, 4.69) is 14.9 Å². The molecule has 0 bridgehead atoms. The molecule has 0 radical (unpaired) electrons. The number of likely N-dealkylation sites (tertiary alicyclic amines) is 1. The van der Waals surface area contributed by atoms with E-state index in [1.165, 1.54) is 6.33 Å². The van der Waals surface area contributed by atoms with E-state index in [0.717, 1.165) is 11.1 Å². The number of methoxy groups -OCH3 is 1. The number of carbonyl (C=O) groups is 1. The van der Waals surface area contributed by atoms with Gasteiger partial charge in [0, 0.05) is 55.1 Å². The first-order valence-corrected chi connectivity index (χ1v) is 8.13. The lowest BCUT2D eigenvalue weighted by Gasteiger charge is -2.36. The number of carboxylic acids is 1. The van der Waals surface area contributed by atoms with E-state index in [9.17, 15) is 9.90 Å². The van der Waals surface area contributed by atoms with Crippen molar-refractivity contribution in [2.45, 2.75) is 12.5 Å². The molecule has 0 spiro atoms. The van der Waals surface area contributed by atoms with Gasteiger partial charge in [-0.05, 0) is 6.07 Å². The third-order valence-corrected chi connectivity index (χ3v) is 5.14. The lowest BCUT2D eigenvalue weighted by atomic mass is 9.73. The maximum atomic E-state index is 12.1. The minimum Gasteiger partial charge on any atom is -0.497 e. The molecule has 2 aliphatic heterocycles. The Bertz CT molecular complexity index is 798. The number of aliphatic carboxylic acids is 1. The molecular weight excluding hydrogens is 322 g/mol. The van der Waals surface area contributed by atoms with Crippen LogP contribution in [0.25, 0.3) is 0 Å². The molecule has 2 aliphatic rings. The van der Waals surface area contributed by atoms with Gasteiger partial charge in [-0.1, -0.05) is 6.07 Å². The average molecular weight is 341 g/mol. The first-order valence-electron chi connectivity index (χ1n) is 8.13. The second kappa shape index (κ2) is 6.00. The largest absolute Gasteiger partial charge is 0.497 e. The van der Waals surface area contributed by atoms with Gasteiger partial charge in [0.15, 0.2) is 0 Å². The summed E-state index contributed by atoms with van der Waals surface area (Å²) in [4.78, 5) is 22.3. The van der Waals surface area contributed by atoms with Gasteiger partial charge in [0.25, 0.3) is 0 Å². The Hall–Kier alpha value is -2.67. The average Bonchev–Trinajstić information content (AvgIpc) is 3.02. The molecule has 0 aliphatic carbocycles. The van der Waals surface area contributed by atoms with Crippen molar-refractivity contribution in [2.75, 3.05) is 26.8 Å². The van der Waals surface area contributed by atoms with E-state index < -0.39 is 11.4 Å². The van der Waals surface area contributed by atoms with Crippen LogP contribution in [0, 0.1) is 5.41 Å². The smallest absolute Gasteiger partial charge is 0.315 e. The lowest BCUT2D eigenvalue weighted by molar-refractivity contribution is -0.151. The van der Waals surface area contributed by atoms with Crippen molar-refractivity contribution in [1.29, 1.82) is 0 Å². The van der Waals surface area contributed by atoms with Gasteiger partial charge >= 0.3 is 5.97 Å². The lowest BCUT2D eigenvalue weighted by Crippen LogP contribution is -2.45. The fourth-order valence-corrected chi connectivity index (χ4v) is 3.88. The number of rotatable bonds is 4. The Morgan fingerprint density at radius 3 is 2.96 bits per heavy atom. The predicted octanol–water partition coefficient (Wildman–Crippen LogP) is 1.55. The van der Waals surface area contributed by atoms with Crippen LogP contribution in [0.4, 0.5) is 0 Å². The van der Waals surface area contributed by atoms with Gasteiger partial charge in [-0.3, -0.25) is 9.69 Å². The zero-order valence-electron chi connectivity index (χ0n) is 13.9. The standard InChI is InChI=1S/C18H19N3O4/c1-24-13-2-3-14-15-8-21(7-12-5-19-11-20-6-12)9-18(15,17(22)23)10-25-16(14)4-13/h2-6,11,15H,7-10H2,1H3,(H,22,23)/t15-,18-/m1/s1. The molecule has 7 heteroatoms. The number of nitrogens with zero attached hydrogens (tertiary/aromatic N) is 3. The molecule has 2 aromatic rings. The summed E-state index contributed by atoms with van der Waals surface area (Å²) in [7, 11) is 1.60. The summed E-state index contributed by atoms with van der Waals surface area (Å²) in [5, 5.41) is 9.95. The first kappa shape index (κ1) is 15.8. The van der Waals surface area contributed by atoms with Gasteiger partial charge in [-0.15, -0.1) is 0 Å². The molecule has 4 rings (SSSR count). The van der Waals surface area contributed by atoms with Crippen LogP contribution in [0.1, 0.15) is 17.0 Å². The molecule has 1 aromatic carbocycles. The number of aromatic nitrogens is 2. The minimum atomic E-state index is -0.933. The number of ether oxygens (including phenoxy) is 2. The summed E-state index contributed by atoms with van der Waals surface area (Å²) in [5.41, 5.74) is 0.968. The Morgan fingerprint density at radius 2 is 2.24 bits per heavy atom. The molecule has 0 amide bonds. The van der Waals surface area contributed by atoms with Crippen LogP contribution in [-0.4, -0.2) is 52.7 Å². The maximum absolute atomic E-state index is 12.1. The molecule has 1 fully saturated rings. The molecule has 1 N–H and O–H groups in total. The topological polar surface area (TPSA) is 84.8 Å². The number of carboxylic acid groups (broad SMARTS) is 1. The zero-order valence-corrected chi connectivity index (χ0v) is 13.9. The van der Waals surface area contributed by atoms with Crippen LogP contribution in [0.3, 0.4) is 0 Å². The summed E-state index contributed by atoms with van der Waals surface area (Å²) in [5.74, 6) is 0.485. The van der Waals surface area contributed by atoms with Crippen LogP contribution in [0.2, 0.25) is 0 Å². The minimum absolute atomic E-state index is 0.121. The van der Waals surface area contributed by atoms with Crippen LogP contribution >= 0.6 is 0 Å². The number of benzene rings is 1. The fourth-order valence-electron chi connectivity index (χ4n) is 3.88. The van der Waals surface area contributed by atoms with Crippen molar-refractivity contribution in [2.24, 2.45) is 5.41 Å². The van der Waals surface area contributed by atoms with E-state index in [1.54, 1.807) is 19.5 Å². The van der Waals surface area contributed by atoms with Gasteiger partial charge in [0.05, 0.1) is 7.11 Å². The summed E-state index contributed by atoms with van der Waals surface area (Å²) < 4.78 is 11.1. The molecule has 2 atom stereocenters. The molecule has 3 heterocycles. The zero-order chi connectivity index (χ0) is 17.4. The summed E-state index contributed by atoms with van der Waals surface area (Å²) in [6.07, 6.45) is 5.01. The van der Waals surface area contributed by atoms with Crippen molar-refractivity contribution in [3.8, 4) is 11.5 Å². The van der Waals surface area contributed by atoms with Gasteiger partial charge in [-0.25, -0.2) is 9.97 Å². The molecule has 7 nitrogen and oxygen atoms in total. The summed E-state index contributed by atoms with van der Waals surface area (Å²) in [6.45, 7) is 1.88. The Kier molecular flexibility index (Phi) is 3.80. The molecule has 25 heavy (non-hydrogen) atoms. The normalized spacial score (nSPS) is 24.9. The van der Waals surface area contributed by atoms with E-state index in [0.29, 0.717) is 31.1 Å². The third kappa shape index (κ3) is 2.60. The van der Waals surface area contributed by atoms with Crippen molar-refractivity contribution in [3.63, 3.8) is 0 Å². The highest BCUT2D eigenvalue weighted by molar-refractivity contribution is 5.78. The highest BCUT2D eigenvalue weighted by atomic mass is 16.5. The summed E-state index contributed by atoms with van der Waals surface area (Å²) >= 11 is 0. The highest BCUT2D eigenvalue weighted by Crippen LogP contribution is 2.50. The first-order chi connectivity index (χ1) is 12.1. The van der Waals surface area contributed by atoms with Crippen LogP contribution in [-0.2, 0) is 11.3 Å². The fraction of sp³-hybridized carbons (Fsp3) is 0.389. The molecule has 130 valence electrons. The van der Waals surface area contributed by atoms with E-state index in [1.807, 2.05) is 18.2 Å². The molecule has 0 saturated carbocycles. The summed E-state index contributed by atoms with van der Waals surface area (Å²) in [6, 6.07) is 5.60. The van der Waals surface area contributed by atoms with Crippen molar-refractivity contribution < 1.29 is 19.4 Å². The molecular formula is C18H19N3O4. The van der Waals surface area contributed by atoms with Crippen molar-refractivity contribution in [1.82, 2.24) is 14.9 Å².